The number of rotatable bonds is 5. The molecule has 3 heteroatoms. The molecule has 0 aliphatic carbocycles. The van der Waals surface area contributed by atoms with Gasteiger partial charge in [-0.15, -0.1) is 0 Å². The summed E-state index contributed by atoms with van der Waals surface area (Å²) in [5.74, 6) is 0.838. The number of benzene rings is 1. The minimum atomic E-state index is -0.412. The van der Waals surface area contributed by atoms with Gasteiger partial charge in [-0.3, -0.25) is 0 Å². The summed E-state index contributed by atoms with van der Waals surface area (Å²) in [6, 6.07) is 9.80. The summed E-state index contributed by atoms with van der Waals surface area (Å²) in [6.07, 6.45) is 2.45. The molecule has 1 N–H and O–H groups in total. The van der Waals surface area contributed by atoms with E-state index < -0.39 is 6.10 Å². The van der Waals surface area contributed by atoms with Crippen molar-refractivity contribution < 1.29 is 9.90 Å². The van der Waals surface area contributed by atoms with E-state index in [1.54, 1.807) is 6.92 Å². The van der Waals surface area contributed by atoms with Crippen LogP contribution >= 0.6 is 0 Å². The quantitative estimate of drug-likeness (QED) is 0.885. The van der Waals surface area contributed by atoms with Gasteiger partial charge in [0.05, 0.1) is 6.10 Å². The third-order valence-corrected chi connectivity index (χ3v) is 3.90. The molecule has 1 heterocycles. The van der Waals surface area contributed by atoms with Gasteiger partial charge in [-0.1, -0.05) is 30.3 Å². The lowest BCUT2D eigenvalue weighted by atomic mass is 9.92. The van der Waals surface area contributed by atoms with E-state index in [0.717, 1.165) is 37.9 Å². The van der Waals surface area contributed by atoms with E-state index in [9.17, 15) is 9.90 Å². The summed E-state index contributed by atoms with van der Waals surface area (Å²) in [5, 5.41) is 10.2. The summed E-state index contributed by atoms with van der Waals surface area (Å²) in [4.78, 5) is 13.4. The molecular formula is C16H23NO2. The number of Topliss-reactive ketones (excluding diaryl/α,β-unsaturated/α-hetero) is 1. The molecule has 1 fully saturated rings. The van der Waals surface area contributed by atoms with E-state index in [2.05, 4.69) is 4.90 Å². The van der Waals surface area contributed by atoms with Crippen LogP contribution in [0.3, 0.4) is 0 Å². The largest absolute Gasteiger partial charge is 0.387 e. The van der Waals surface area contributed by atoms with E-state index in [1.165, 1.54) is 0 Å². The van der Waals surface area contributed by atoms with E-state index in [4.69, 9.17) is 0 Å². The fraction of sp³-hybridized carbons (Fsp3) is 0.562. The molecule has 0 bridgehead atoms. The minimum absolute atomic E-state index is 0.294. The van der Waals surface area contributed by atoms with Crippen LogP contribution in [0.1, 0.15) is 37.9 Å². The van der Waals surface area contributed by atoms with Crippen molar-refractivity contribution in [2.24, 2.45) is 5.92 Å². The number of aliphatic hydroxyl groups excluding tert-OH is 1. The number of hydrogen-bond donors (Lipinski definition) is 1. The summed E-state index contributed by atoms with van der Waals surface area (Å²) in [7, 11) is 0. The molecule has 3 nitrogen and oxygen atoms in total. The van der Waals surface area contributed by atoms with Crippen LogP contribution in [0.25, 0.3) is 0 Å². The molecule has 1 unspecified atom stereocenters. The first-order valence-corrected chi connectivity index (χ1v) is 7.10. The Hall–Kier alpha value is -1.19. The molecule has 1 aliphatic heterocycles. The average Bonchev–Trinajstić information content (AvgIpc) is 2.41. The molecule has 1 atom stereocenters. The van der Waals surface area contributed by atoms with Gasteiger partial charge in [0, 0.05) is 13.0 Å². The highest BCUT2D eigenvalue weighted by atomic mass is 16.3. The van der Waals surface area contributed by atoms with Crippen LogP contribution in [0, 0.1) is 5.92 Å². The third kappa shape index (κ3) is 4.44. The maximum atomic E-state index is 11.1. The topological polar surface area (TPSA) is 40.5 Å². The fourth-order valence-corrected chi connectivity index (χ4v) is 2.80. The summed E-state index contributed by atoms with van der Waals surface area (Å²) in [5.41, 5.74) is 0.980. The fourth-order valence-electron chi connectivity index (χ4n) is 2.80. The van der Waals surface area contributed by atoms with Gasteiger partial charge in [0.2, 0.25) is 0 Å². The Kier molecular flexibility index (Phi) is 5.11. The van der Waals surface area contributed by atoms with Crippen molar-refractivity contribution in [1.82, 2.24) is 4.90 Å². The zero-order chi connectivity index (χ0) is 13.7. The molecule has 1 aliphatic rings. The third-order valence-electron chi connectivity index (χ3n) is 3.90. The maximum absolute atomic E-state index is 11.1. The molecule has 0 aromatic heterocycles. The van der Waals surface area contributed by atoms with Crippen molar-refractivity contribution in [2.45, 2.75) is 32.3 Å². The Morgan fingerprint density at radius 2 is 1.95 bits per heavy atom. The minimum Gasteiger partial charge on any atom is -0.387 e. The number of likely N-dealkylation sites (tertiary alicyclic amines) is 1. The van der Waals surface area contributed by atoms with Crippen molar-refractivity contribution in [2.75, 3.05) is 19.6 Å². The van der Waals surface area contributed by atoms with Gasteiger partial charge in [-0.25, -0.2) is 0 Å². The van der Waals surface area contributed by atoms with E-state index in [-0.39, 0.29) is 0 Å². The second kappa shape index (κ2) is 6.83. The number of carbonyl (C=O) groups is 1. The number of ketones is 1. The van der Waals surface area contributed by atoms with E-state index in [0.29, 0.717) is 18.2 Å². The second-order valence-electron chi connectivity index (χ2n) is 5.58. The van der Waals surface area contributed by atoms with Crippen LogP contribution in [0.5, 0.6) is 0 Å². The number of piperidine rings is 1. The lowest BCUT2D eigenvalue weighted by Crippen LogP contribution is -2.37. The number of hydrogen-bond acceptors (Lipinski definition) is 3. The lowest BCUT2D eigenvalue weighted by molar-refractivity contribution is -0.118. The second-order valence-corrected chi connectivity index (χ2v) is 5.58. The summed E-state index contributed by atoms with van der Waals surface area (Å²) < 4.78 is 0. The van der Waals surface area contributed by atoms with Gasteiger partial charge in [0.1, 0.15) is 5.78 Å². The molecule has 104 valence electrons. The normalized spacial score (nSPS) is 19.3. The van der Waals surface area contributed by atoms with Gasteiger partial charge in [0.15, 0.2) is 0 Å². The molecule has 2 rings (SSSR count). The van der Waals surface area contributed by atoms with Crippen molar-refractivity contribution in [3.05, 3.63) is 35.9 Å². The van der Waals surface area contributed by atoms with E-state index >= 15 is 0 Å². The highest BCUT2D eigenvalue weighted by Crippen LogP contribution is 2.22. The average molecular weight is 261 g/mol. The highest BCUT2D eigenvalue weighted by Gasteiger charge is 2.22. The molecule has 0 amide bonds. The van der Waals surface area contributed by atoms with Crippen LogP contribution < -0.4 is 0 Å². The van der Waals surface area contributed by atoms with Crippen LogP contribution in [-0.4, -0.2) is 35.4 Å². The first-order valence-electron chi connectivity index (χ1n) is 7.10. The first kappa shape index (κ1) is 14.2. The van der Waals surface area contributed by atoms with Gasteiger partial charge >= 0.3 is 0 Å². The van der Waals surface area contributed by atoms with Crippen molar-refractivity contribution in [3.8, 4) is 0 Å². The van der Waals surface area contributed by atoms with Crippen molar-refractivity contribution >= 4 is 5.78 Å². The number of carbonyl (C=O) groups excluding carboxylic acids is 1. The number of nitrogens with zero attached hydrogens (tertiary/aromatic N) is 1. The Morgan fingerprint density at radius 1 is 1.32 bits per heavy atom. The Morgan fingerprint density at radius 3 is 2.53 bits per heavy atom. The zero-order valence-electron chi connectivity index (χ0n) is 11.6. The molecule has 0 spiro atoms. The number of β-amino-alcohol motifs (C(OH)–C–C–N with tert-alkyl or cyclic N) is 1. The smallest absolute Gasteiger partial charge is 0.130 e. The van der Waals surface area contributed by atoms with Crippen LogP contribution in [0.15, 0.2) is 30.3 Å². The monoisotopic (exact) mass is 261 g/mol. The van der Waals surface area contributed by atoms with Gasteiger partial charge < -0.3 is 14.8 Å². The molecule has 1 aromatic carbocycles. The van der Waals surface area contributed by atoms with Crippen LogP contribution in [0.2, 0.25) is 0 Å². The molecule has 19 heavy (non-hydrogen) atoms. The highest BCUT2D eigenvalue weighted by molar-refractivity contribution is 5.75. The Bertz CT molecular complexity index is 396. The van der Waals surface area contributed by atoms with Gasteiger partial charge in [0.25, 0.3) is 0 Å². The number of aliphatic hydroxyl groups is 1. The van der Waals surface area contributed by atoms with Crippen LogP contribution in [-0.2, 0) is 4.79 Å². The van der Waals surface area contributed by atoms with E-state index in [1.807, 2.05) is 30.3 Å². The Balaban J connectivity index is 1.78. The zero-order valence-corrected chi connectivity index (χ0v) is 11.6. The molecule has 1 saturated heterocycles. The summed E-state index contributed by atoms with van der Waals surface area (Å²) in [6.45, 7) is 4.34. The van der Waals surface area contributed by atoms with Gasteiger partial charge in [-0.05, 0) is 44.3 Å². The van der Waals surface area contributed by atoms with Crippen molar-refractivity contribution in [1.29, 1.82) is 0 Å². The SMILES string of the molecule is CC(=O)CC1CCN(CC(O)c2ccccc2)CC1. The molecular weight excluding hydrogens is 238 g/mol. The predicted octanol–water partition coefficient (Wildman–Crippen LogP) is 2.41. The summed E-state index contributed by atoms with van der Waals surface area (Å²) >= 11 is 0. The molecule has 0 radical (unpaired) electrons. The van der Waals surface area contributed by atoms with Crippen LogP contribution in [0.4, 0.5) is 0 Å². The first-order chi connectivity index (χ1) is 9.15. The molecule has 0 saturated carbocycles. The standard InChI is InChI=1S/C16H23NO2/c1-13(18)11-14-7-9-17(10-8-14)12-16(19)15-5-3-2-4-6-15/h2-6,14,16,19H,7-12H2,1H3. The maximum Gasteiger partial charge on any atom is 0.130 e. The predicted molar refractivity (Wildman–Crippen MR) is 75.9 cm³/mol. The molecule has 1 aromatic rings. The van der Waals surface area contributed by atoms with Gasteiger partial charge in [-0.2, -0.15) is 0 Å². The Labute approximate surface area is 115 Å². The lowest BCUT2D eigenvalue weighted by Gasteiger charge is -2.32. The van der Waals surface area contributed by atoms with Crippen molar-refractivity contribution in [3.63, 3.8) is 0 Å².